The zero-order chi connectivity index (χ0) is 9.84. The Labute approximate surface area is 74.5 Å². The van der Waals surface area contributed by atoms with E-state index in [1.165, 1.54) is 6.07 Å². The van der Waals surface area contributed by atoms with Gasteiger partial charge < -0.3 is 5.32 Å². The Balaban J connectivity index is 2.98. The Morgan fingerprint density at radius 1 is 1.62 bits per heavy atom. The van der Waals surface area contributed by atoms with Gasteiger partial charge in [0.15, 0.2) is 0 Å². The van der Waals surface area contributed by atoms with Crippen LogP contribution in [0.5, 0.6) is 0 Å². The molecule has 1 rings (SSSR count). The number of nitrogens with zero attached hydrogens (tertiary/aromatic N) is 1. The molecule has 0 aliphatic rings. The largest absolute Gasteiger partial charge is 0.385 e. The second-order valence-electron chi connectivity index (χ2n) is 2.45. The molecule has 0 amide bonds. The molecule has 0 saturated heterocycles. The van der Waals surface area contributed by atoms with Crippen molar-refractivity contribution in [3.8, 4) is 0 Å². The number of nitrogens with one attached hydrogen (secondary N) is 1. The van der Waals surface area contributed by atoms with Crippen LogP contribution in [0.4, 0.5) is 15.8 Å². The smallest absolute Gasteiger partial charge is 0.304 e. The second kappa shape index (κ2) is 3.84. The molecule has 5 heteroatoms. The van der Waals surface area contributed by atoms with E-state index in [9.17, 15) is 14.5 Å². The topological polar surface area (TPSA) is 55.2 Å². The molecule has 0 saturated carbocycles. The molecule has 0 radical (unpaired) electrons. The van der Waals surface area contributed by atoms with Gasteiger partial charge in [0.2, 0.25) is 5.82 Å². The van der Waals surface area contributed by atoms with Gasteiger partial charge >= 0.3 is 5.69 Å². The number of benzene rings is 1. The maximum absolute atomic E-state index is 12.9. The number of rotatable bonds is 3. The minimum absolute atomic E-state index is 0.498. The summed E-state index contributed by atoms with van der Waals surface area (Å²) in [6.07, 6.45) is 0. The quantitative estimate of drug-likeness (QED) is 0.578. The van der Waals surface area contributed by atoms with Gasteiger partial charge in [0.1, 0.15) is 0 Å². The van der Waals surface area contributed by atoms with Crippen LogP contribution in [-0.2, 0) is 0 Å². The molecule has 1 N–H and O–H groups in total. The fourth-order valence-corrected chi connectivity index (χ4v) is 0.969. The Bertz CT molecular complexity index is 328. The Kier molecular flexibility index (Phi) is 2.79. The average molecular weight is 184 g/mol. The summed E-state index contributed by atoms with van der Waals surface area (Å²) < 4.78 is 12.9. The molecule has 0 aliphatic heterocycles. The highest BCUT2D eigenvalue weighted by Crippen LogP contribution is 2.20. The molecule has 0 atom stereocenters. The van der Waals surface area contributed by atoms with E-state index < -0.39 is 16.4 Å². The van der Waals surface area contributed by atoms with Gasteiger partial charge in [0.05, 0.1) is 4.92 Å². The molecule has 1 aromatic rings. The van der Waals surface area contributed by atoms with Crippen molar-refractivity contribution in [1.29, 1.82) is 0 Å². The van der Waals surface area contributed by atoms with E-state index in [4.69, 9.17) is 0 Å². The first-order chi connectivity index (χ1) is 6.15. The van der Waals surface area contributed by atoms with Gasteiger partial charge in [-0.15, -0.1) is 0 Å². The molecule has 4 nitrogen and oxygen atoms in total. The van der Waals surface area contributed by atoms with E-state index in [-0.39, 0.29) is 0 Å². The molecule has 0 unspecified atom stereocenters. The lowest BCUT2D eigenvalue weighted by atomic mass is 10.2. The average Bonchev–Trinajstić information content (AvgIpc) is 2.04. The van der Waals surface area contributed by atoms with Crippen LogP contribution in [0.15, 0.2) is 18.2 Å². The van der Waals surface area contributed by atoms with Gasteiger partial charge in [-0.1, -0.05) is 0 Å². The maximum Gasteiger partial charge on any atom is 0.304 e. The summed E-state index contributed by atoms with van der Waals surface area (Å²) in [5.74, 6) is -0.816. The van der Waals surface area contributed by atoms with E-state index in [2.05, 4.69) is 5.32 Å². The first kappa shape index (κ1) is 9.44. The van der Waals surface area contributed by atoms with E-state index >= 15 is 0 Å². The molecular weight excluding hydrogens is 175 g/mol. The van der Waals surface area contributed by atoms with Crippen molar-refractivity contribution in [2.45, 2.75) is 6.92 Å². The van der Waals surface area contributed by atoms with Gasteiger partial charge in [-0.3, -0.25) is 10.1 Å². The Hall–Kier alpha value is -1.65. The SMILES string of the molecule is CCNc1ccc([N+](=O)[O-])c(F)c1. The van der Waals surface area contributed by atoms with Crippen LogP contribution in [-0.4, -0.2) is 11.5 Å². The predicted octanol–water partition coefficient (Wildman–Crippen LogP) is 2.17. The van der Waals surface area contributed by atoms with Crippen molar-refractivity contribution < 1.29 is 9.31 Å². The summed E-state index contributed by atoms with van der Waals surface area (Å²) in [7, 11) is 0. The van der Waals surface area contributed by atoms with Crippen molar-refractivity contribution in [3.05, 3.63) is 34.1 Å². The molecule has 0 aliphatic carbocycles. The molecule has 70 valence electrons. The van der Waals surface area contributed by atoms with E-state index in [0.717, 1.165) is 12.1 Å². The third kappa shape index (κ3) is 2.14. The summed E-state index contributed by atoms with van der Waals surface area (Å²) >= 11 is 0. The lowest BCUT2D eigenvalue weighted by Crippen LogP contribution is -1.98. The van der Waals surface area contributed by atoms with Gasteiger partial charge in [-0.2, -0.15) is 4.39 Å². The van der Waals surface area contributed by atoms with Crippen LogP contribution in [0, 0.1) is 15.9 Å². The van der Waals surface area contributed by atoms with Gasteiger partial charge in [-0.05, 0) is 13.0 Å². The monoisotopic (exact) mass is 184 g/mol. The minimum Gasteiger partial charge on any atom is -0.385 e. The molecule has 0 bridgehead atoms. The van der Waals surface area contributed by atoms with Crippen LogP contribution in [0.1, 0.15) is 6.92 Å². The van der Waals surface area contributed by atoms with Gasteiger partial charge in [0, 0.05) is 24.4 Å². The maximum atomic E-state index is 12.9. The van der Waals surface area contributed by atoms with Gasteiger partial charge in [-0.25, -0.2) is 0 Å². The number of hydrogen-bond acceptors (Lipinski definition) is 3. The minimum atomic E-state index is -0.816. The molecule has 0 fully saturated rings. The highest BCUT2D eigenvalue weighted by atomic mass is 19.1. The van der Waals surface area contributed by atoms with Crippen LogP contribution >= 0.6 is 0 Å². The highest BCUT2D eigenvalue weighted by Gasteiger charge is 2.12. The fraction of sp³-hybridized carbons (Fsp3) is 0.250. The first-order valence-electron chi connectivity index (χ1n) is 3.83. The number of halogens is 1. The second-order valence-corrected chi connectivity index (χ2v) is 2.45. The highest BCUT2D eigenvalue weighted by molar-refractivity contribution is 5.49. The van der Waals surface area contributed by atoms with E-state index in [1.807, 2.05) is 6.92 Å². The third-order valence-electron chi connectivity index (χ3n) is 1.53. The number of nitro benzene ring substituents is 1. The standard InChI is InChI=1S/C8H9FN2O2/c1-2-10-6-3-4-8(11(12)13)7(9)5-6/h3-5,10H,2H2,1H3. The molecule has 1 aromatic carbocycles. The molecule has 13 heavy (non-hydrogen) atoms. The third-order valence-corrected chi connectivity index (χ3v) is 1.53. The lowest BCUT2D eigenvalue weighted by molar-refractivity contribution is -0.387. The predicted molar refractivity (Wildman–Crippen MR) is 47.2 cm³/mol. The van der Waals surface area contributed by atoms with E-state index in [1.54, 1.807) is 0 Å². The van der Waals surface area contributed by atoms with Crippen molar-refractivity contribution >= 4 is 11.4 Å². The first-order valence-corrected chi connectivity index (χ1v) is 3.83. The number of nitro groups is 1. The van der Waals surface area contributed by atoms with E-state index in [0.29, 0.717) is 12.2 Å². The van der Waals surface area contributed by atoms with Crippen molar-refractivity contribution in [3.63, 3.8) is 0 Å². The molecule has 0 spiro atoms. The normalized spacial score (nSPS) is 9.69. The van der Waals surface area contributed by atoms with Crippen molar-refractivity contribution in [2.75, 3.05) is 11.9 Å². The Morgan fingerprint density at radius 3 is 2.77 bits per heavy atom. The summed E-state index contributed by atoms with van der Waals surface area (Å²) in [5.41, 5.74) is 0.0484. The lowest BCUT2D eigenvalue weighted by Gasteiger charge is -2.02. The molecule has 0 heterocycles. The van der Waals surface area contributed by atoms with Gasteiger partial charge in [0.25, 0.3) is 0 Å². The molecular formula is C8H9FN2O2. The van der Waals surface area contributed by atoms with Crippen molar-refractivity contribution in [2.24, 2.45) is 0 Å². The summed E-state index contributed by atoms with van der Waals surface area (Å²) in [4.78, 5) is 9.49. The van der Waals surface area contributed by atoms with Crippen LogP contribution in [0.25, 0.3) is 0 Å². The number of hydrogen-bond donors (Lipinski definition) is 1. The Morgan fingerprint density at radius 2 is 2.31 bits per heavy atom. The van der Waals surface area contributed by atoms with Crippen LogP contribution in [0.3, 0.4) is 0 Å². The fourth-order valence-electron chi connectivity index (χ4n) is 0.969. The zero-order valence-corrected chi connectivity index (χ0v) is 7.08. The summed E-state index contributed by atoms with van der Waals surface area (Å²) in [6.45, 7) is 2.51. The van der Waals surface area contributed by atoms with Crippen molar-refractivity contribution in [1.82, 2.24) is 0 Å². The summed E-state index contributed by atoms with van der Waals surface area (Å²) in [6, 6.07) is 3.74. The summed E-state index contributed by atoms with van der Waals surface area (Å²) in [5, 5.41) is 13.1. The molecule has 0 aromatic heterocycles. The zero-order valence-electron chi connectivity index (χ0n) is 7.08. The van der Waals surface area contributed by atoms with Crippen LogP contribution < -0.4 is 5.32 Å². The number of anilines is 1. The van der Waals surface area contributed by atoms with Crippen LogP contribution in [0.2, 0.25) is 0 Å².